The van der Waals surface area contributed by atoms with Gasteiger partial charge in [-0.1, -0.05) is 24.3 Å². The lowest BCUT2D eigenvalue weighted by Gasteiger charge is -2.06. The molecule has 1 aromatic rings. The van der Waals surface area contributed by atoms with Crippen molar-refractivity contribution >= 4 is 26.7 Å². The standard InChI is InChI=1S/C17H21N3O3S/c1-5-8-18-15(21)10-19-17-13(4)16(24(22,23)20-17)14-7-6-11(2)12(3)9-14/h5-7,9H,1,8,10H2,2-4H3,(H,18,21)(H,19,20). The number of amides is 1. The zero-order valence-corrected chi connectivity index (χ0v) is 14.8. The summed E-state index contributed by atoms with van der Waals surface area (Å²) < 4.78 is 27.3. The Balaban J connectivity index is 2.35. The van der Waals surface area contributed by atoms with Crippen molar-refractivity contribution in [3.63, 3.8) is 0 Å². The molecule has 0 aliphatic carbocycles. The molecule has 6 nitrogen and oxygen atoms in total. The van der Waals surface area contributed by atoms with E-state index in [-0.39, 0.29) is 23.2 Å². The van der Waals surface area contributed by atoms with Crippen molar-refractivity contribution in [3.05, 3.63) is 53.1 Å². The van der Waals surface area contributed by atoms with Gasteiger partial charge >= 0.3 is 0 Å². The van der Waals surface area contributed by atoms with Gasteiger partial charge in [0, 0.05) is 12.1 Å². The smallest absolute Gasteiger partial charge is 0.264 e. The second kappa shape index (κ2) is 7.00. The number of carbonyl (C=O) groups is 1. The molecule has 1 heterocycles. The minimum absolute atomic E-state index is 0.150. The van der Waals surface area contributed by atoms with Crippen LogP contribution in [0, 0.1) is 13.8 Å². The Bertz CT molecular complexity index is 852. The SMILES string of the molecule is C=CCNC(=O)CN=C1NS(=O)(=O)C(c2ccc(C)c(C)c2)=C1C. The van der Waals surface area contributed by atoms with E-state index in [4.69, 9.17) is 0 Å². The highest BCUT2D eigenvalue weighted by Gasteiger charge is 2.32. The van der Waals surface area contributed by atoms with Crippen LogP contribution in [-0.2, 0) is 14.8 Å². The fourth-order valence-electron chi connectivity index (χ4n) is 2.36. The zero-order chi connectivity index (χ0) is 17.9. The molecular formula is C17H21N3O3S. The number of nitrogens with one attached hydrogen (secondary N) is 2. The van der Waals surface area contributed by atoms with Gasteiger partial charge in [0.05, 0.1) is 0 Å². The monoisotopic (exact) mass is 347 g/mol. The summed E-state index contributed by atoms with van der Waals surface area (Å²) >= 11 is 0. The molecule has 0 bridgehead atoms. The summed E-state index contributed by atoms with van der Waals surface area (Å²) in [6.45, 7) is 9.29. The predicted octanol–water partition coefficient (Wildman–Crippen LogP) is 1.67. The van der Waals surface area contributed by atoms with Crippen molar-refractivity contribution in [2.75, 3.05) is 13.1 Å². The number of aliphatic imine (C=N–C) groups is 1. The molecule has 1 aromatic carbocycles. The molecule has 1 aliphatic rings. The number of sulfonamides is 1. The number of hydrogen-bond donors (Lipinski definition) is 2. The molecule has 0 saturated carbocycles. The van der Waals surface area contributed by atoms with E-state index in [1.807, 2.05) is 26.0 Å². The fraction of sp³-hybridized carbons (Fsp3) is 0.294. The Labute approximate surface area is 142 Å². The summed E-state index contributed by atoms with van der Waals surface area (Å²) in [6.07, 6.45) is 1.56. The van der Waals surface area contributed by atoms with Gasteiger partial charge in [0.1, 0.15) is 17.3 Å². The molecule has 2 rings (SSSR count). The highest BCUT2D eigenvalue weighted by Crippen LogP contribution is 2.30. The number of benzene rings is 1. The highest BCUT2D eigenvalue weighted by molar-refractivity contribution is 8.00. The van der Waals surface area contributed by atoms with Gasteiger partial charge in [-0.05, 0) is 37.5 Å². The maximum Gasteiger partial charge on any atom is 0.264 e. The second-order valence-corrected chi connectivity index (χ2v) is 7.24. The van der Waals surface area contributed by atoms with Gasteiger partial charge in [0.15, 0.2) is 0 Å². The van der Waals surface area contributed by atoms with E-state index in [0.29, 0.717) is 17.7 Å². The number of aryl methyl sites for hydroxylation is 2. The van der Waals surface area contributed by atoms with E-state index in [2.05, 4.69) is 21.6 Å². The van der Waals surface area contributed by atoms with E-state index in [1.165, 1.54) is 0 Å². The Morgan fingerprint density at radius 2 is 2.00 bits per heavy atom. The first kappa shape index (κ1) is 17.9. The van der Waals surface area contributed by atoms with Crippen molar-refractivity contribution in [3.8, 4) is 0 Å². The molecule has 7 heteroatoms. The van der Waals surface area contributed by atoms with Crippen LogP contribution in [0.3, 0.4) is 0 Å². The minimum Gasteiger partial charge on any atom is -0.351 e. The molecule has 128 valence electrons. The minimum atomic E-state index is -3.68. The van der Waals surface area contributed by atoms with Gasteiger partial charge < -0.3 is 5.32 Å². The van der Waals surface area contributed by atoms with Crippen molar-refractivity contribution in [2.24, 2.45) is 4.99 Å². The molecule has 0 aromatic heterocycles. The van der Waals surface area contributed by atoms with Crippen LogP contribution in [0.4, 0.5) is 0 Å². The molecule has 0 unspecified atom stereocenters. The van der Waals surface area contributed by atoms with Crippen molar-refractivity contribution in [1.82, 2.24) is 10.0 Å². The van der Waals surface area contributed by atoms with E-state index in [0.717, 1.165) is 11.1 Å². The lowest BCUT2D eigenvalue weighted by atomic mass is 10.0. The van der Waals surface area contributed by atoms with Crippen molar-refractivity contribution in [2.45, 2.75) is 20.8 Å². The average molecular weight is 347 g/mol. The molecule has 0 atom stereocenters. The predicted molar refractivity (Wildman–Crippen MR) is 96.1 cm³/mol. The lowest BCUT2D eigenvalue weighted by Crippen LogP contribution is -2.28. The zero-order valence-electron chi connectivity index (χ0n) is 14.0. The van der Waals surface area contributed by atoms with Crippen LogP contribution in [0.5, 0.6) is 0 Å². The molecule has 1 aliphatic heterocycles. The first-order valence-corrected chi connectivity index (χ1v) is 8.98. The number of rotatable bonds is 5. The number of nitrogens with zero attached hydrogens (tertiary/aromatic N) is 1. The third-order valence-electron chi connectivity index (χ3n) is 3.79. The highest BCUT2D eigenvalue weighted by atomic mass is 32.2. The second-order valence-electron chi connectivity index (χ2n) is 5.62. The lowest BCUT2D eigenvalue weighted by molar-refractivity contribution is -0.119. The van der Waals surface area contributed by atoms with Gasteiger partial charge in [-0.15, -0.1) is 6.58 Å². The topological polar surface area (TPSA) is 87.6 Å². The maximum absolute atomic E-state index is 12.4. The fourth-order valence-corrected chi connectivity index (χ4v) is 3.87. The van der Waals surface area contributed by atoms with Crippen molar-refractivity contribution in [1.29, 1.82) is 0 Å². The molecule has 0 saturated heterocycles. The average Bonchev–Trinajstić information content (AvgIpc) is 2.75. The van der Waals surface area contributed by atoms with E-state index in [1.54, 1.807) is 19.1 Å². The van der Waals surface area contributed by atoms with Crippen LogP contribution in [0.2, 0.25) is 0 Å². The van der Waals surface area contributed by atoms with Crippen LogP contribution in [0.15, 0.2) is 41.4 Å². The largest absolute Gasteiger partial charge is 0.351 e. The van der Waals surface area contributed by atoms with Crippen LogP contribution >= 0.6 is 0 Å². The summed E-state index contributed by atoms with van der Waals surface area (Å²) in [4.78, 5) is 15.9. The molecule has 0 radical (unpaired) electrons. The summed E-state index contributed by atoms with van der Waals surface area (Å²) in [7, 11) is -3.68. The quantitative estimate of drug-likeness (QED) is 0.794. The molecule has 2 N–H and O–H groups in total. The van der Waals surface area contributed by atoms with E-state index < -0.39 is 10.0 Å². The molecule has 24 heavy (non-hydrogen) atoms. The van der Waals surface area contributed by atoms with Gasteiger partial charge in [0.25, 0.3) is 10.0 Å². The van der Waals surface area contributed by atoms with Gasteiger partial charge in [-0.2, -0.15) is 0 Å². The number of carbonyl (C=O) groups excluding carboxylic acids is 1. The maximum atomic E-state index is 12.4. The molecule has 0 fully saturated rings. The molecular weight excluding hydrogens is 326 g/mol. The molecule has 0 spiro atoms. The third kappa shape index (κ3) is 3.73. The Kier molecular flexibility index (Phi) is 5.23. The van der Waals surface area contributed by atoms with Crippen LogP contribution in [0.1, 0.15) is 23.6 Å². The first-order valence-electron chi connectivity index (χ1n) is 7.50. The van der Waals surface area contributed by atoms with Crippen LogP contribution in [0.25, 0.3) is 4.91 Å². The Morgan fingerprint density at radius 3 is 2.62 bits per heavy atom. The van der Waals surface area contributed by atoms with Crippen LogP contribution < -0.4 is 10.0 Å². The third-order valence-corrected chi connectivity index (χ3v) is 5.33. The number of amidine groups is 1. The van der Waals surface area contributed by atoms with Gasteiger partial charge in [-0.3, -0.25) is 14.5 Å². The van der Waals surface area contributed by atoms with E-state index in [9.17, 15) is 13.2 Å². The Hall–Kier alpha value is -2.41. The van der Waals surface area contributed by atoms with Gasteiger partial charge in [-0.25, -0.2) is 8.42 Å². The summed E-state index contributed by atoms with van der Waals surface area (Å²) in [5.41, 5.74) is 3.23. The van der Waals surface area contributed by atoms with E-state index >= 15 is 0 Å². The normalized spacial score (nSPS) is 17.7. The summed E-state index contributed by atoms with van der Waals surface area (Å²) in [5, 5.41) is 2.59. The van der Waals surface area contributed by atoms with Crippen LogP contribution in [-0.4, -0.2) is 33.3 Å². The summed E-state index contributed by atoms with van der Waals surface area (Å²) in [5.74, 6) is -0.0917. The Morgan fingerprint density at radius 1 is 1.29 bits per heavy atom. The molecule has 1 amide bonds. The van der Waals surface area contributed by atoms with Crippen molar-refractivity contribution < 1.29 is 13.2 Å². The number of hydrogen-bond acceptors (Lipinski definition) is 4. The van der Waals surface area contributed by atoms with Gasteiger partial charge in [0.2, 0.25) is 5.91 Å². The summed E-state index contributed by atoms with van der Waals surface area (Å²) in [6, 6.07) is 5.51. The first-order chi connectivity index (χ1) is 11.3.